The number of rotatable bonds is 8. The standard InChI is InChI=1S/C20H22N4O2S2/c1-4-24(15-10-6-5-7-11-15)18(25)14(2)27-20-23-22-19(28-20)21-16-12-8-9-13-17(16)26-3/h5-14H,4H2,1-3H3,(H,21,22). The third-order valence-electron chi connectivity index (χ3n) is 4.03. The lowest BCUT2D eigenvalue weighted by atomic mass is 10.2. The fourth-order valence-electron chi connectivity index (χ4n) is 2.67. The average molecular weight is 415 g/mol. The summed E-state index contributed by atoms with van der Waals surface area (Å²) in [5.41, 5.74) is 1.72. The number of nitrogens with one attached hydrogen (secondary N) is 1. The van der Waals surface area contributed by atoms with Gasteiger partial charge in [-0.05, 0) is 38.1 Å². The summed E-state index contributed by atoms with van der Waals surface area (Å²) in [4.78, 5) is 14.7. The van der Waals surface area contributed by atoms with Crippen LogP contribution in [0, 0.1) is 0 Å². The highest BCUT2D eigenvalue weighted by Crippen LogP contribution is 2.33. The second-order valence-corrected chi connectivity index (χ2v) is 8.44. The predicted molar refractivity (Wildman–Crippen MR) is 116 cm³/mol. The van der Waals surface area contributed by atoms with E-state index >= 15 is 0 Å². The molecule has 0 saturated carbocycles. The van der Waals surface area contributed by atoms with E-state index in [-0.39, 0.29) is 11.2 Å². The van der Waals surface area contributed by atoms with E-state index in [0.29, 0.717) is 11.7 Å². The molecular formula is C20H22N4O2S2. The number of anilines is 3. The molecule has 6 nitrogen and oxygen atoms in total. The van der Waals surface area contributed by atoms with E-state index in [4.69, 9.17) is 4.74 Å². The number of benzene rings is 2. The third kappa shape index (κ3) is 4.82. The highest BCUT2D eigenvalue weighted by atomic mass is 32.2. The molecule has 28 heavy (non-hydrogen) atoms. The maximum Gasteiger partial charge on any atom is 0.240 e. The molecule has 0 aliphatic carbocycles. The van der Waals surface area contributed by atoms with E-state index < -0.39 is 0 Å². The van der Waals surface area contributed by atoms with Gasteiger partial charge in [0.25, 0.3) is 0 Å². The van der Waals surface area contributed by atoms with Crippen molar-refractivity contribution in [2.45, 2.75) is 23.4 Å². The smallest absolute Gasteiger partial charge is 0.240 e. The molecule has 146 valence electrons. The second-order valence-electron chi connectivity index (χ2n) is 5.88. The first-order valence-corrected chi connectivity index (χ1v) is 10.6. The summed E-state index contributed by atoms with van der Waals surface area (Å²) >= 11 is 2.82. The van der Waals surface area contributed by atoms with Gasteiger partial charge in [-0.1, -0.05) is 53.4 Å². The summed E-state index contributed by atoms with van der Waals surface area (Å²) in [6.45, 7) is 4.49. The predicted octanol–water partition coefficient (Wildman–Crippen LogP) is 4.82. The van der Waals surface area contributed by atoms with Crippen LogP contribution < -0.4 is 15.0 Å². The summed E-state index contributed by atoms with van der Waals surface area (Å²) < 4.78 is 6.08. The molecular weight excluding hydrogens is 392 g/mol. The van der Waals surface area contributed by atoms with E-state index in [1.807, 2.05) is 68.4 Å². The molecule has 2 aromatic carbocycles. The van der Waals surface area contributed by atoms with E-state index in [2.05, 4.69) is 15.5 Å². The first-order chi connectivity index (χ1) is 13.6. The van der Waals surface area contributed by atoms with Crippen LogP contribution in [0.2, 0.25) is 0 Å². The van der Waals surface area contributed by atoms with E-state index in [0.717, 1.165) is 21.5 Å². The molecule has 3 rings (SSSR count). The molecule has 1 atom stereocenters. The van der Waals surface area contributed by atoms with Crippen molar-refractivity contribution in [2.75, 3.05) is 23.9 Å². The molecule has 0 aliphatic rings. The van der Waals surface area contributed by atoms with Crippen LogP contribution in [-0.4, -0.2) is 35.0 Å². The highest BCUT2D eigenvalue weighted by molar-refractivity contribution is 8.02. The first kappa shape index (κ1) is 20.2. The SMILES string of the molecule is CCN(C(=O)C(C)Sc1nnc(Nc2ccccc2OC)s1)c1ccccc1. The lowest BCUT2D eigenvalue weighted by Crippen LogP contribution is -2.36. The van der Waals surface area contributed by atoms with Gasteiger partial charge in [-0.15, -0.1) is 10.2 Å². The van der Waals surface area contributed by atoms with Crippen molar-refractivity contribution in [1.29, 1.82) is 0 Å². The fraction of sp³-hybridized carbons (Fsp3) is 0.250. The molecule has 1 N–H and O–H groups in total. The number of nitrogens with zero attached hydrogens (tertiary/aromatic N) is 3. The van der Waals surface area contributed by atoms with Gasteiger partial charge in [-0.3, -0.25) is 4.79 Å². The number of ether oxygens (including phenoxy) is 1. The zero-order chi connectivity index (χ0) is 19.9. The van der Waals surface area contributed by atoms with E-state index in [9.17, 15) is 4.79 Å². The fourth-order valence-corrected chi connectivity index (χ4v) is 4.64. The lowest BCUT2D eigenvalue weighted by molar-refractivity contribution is -0.117. The topological polar surface area (TPSA) is 67.4 Å². The van der Waals surface area contributed by atoms with Crippen LogP contribution in [-0.2, 0) is 4.79 Å². The van der Waals surface area contributed by atoms with Crippen molar-refractivity contribution in [1.82, 2.24) is 10.2 Å². The molecule has 1 unspecified atom stereocenters. The summed E-state index contributed by atoms with van der Waals surface area (Å²) in [6, 6.07) is 17.3. The largest absolute Gasteiger partial charge is 0.495 e. The maximum absolute atomic E-state index is 12.9. The number of methoxy groups -OCH3 is 1. The lowest BCUT2D eigenvalue weighted by Gasteiger charge is -2.23. The molecule has 0 saturated heterocycles. The average Bonchev–Trinajstić information content (AvgIpc) is 3.16. The zero-order valence-corrected chi connectivity index (χ0v) is 17.6. The Bertz CT molecular complexity index is 917. The number of para-hydroxylation sites is 3. The number of carbonyl (C=O) groups is 1. The molecule has 3 aromatic rings. The summed E-state index contributed by atoms with van der Waals surface area (Å²) in [7, 11) is 1.63. The van der Waals surface area contributed by atoms with E-state index in [1.165, 1.54) is 23.1 Å². The highest BCUT2D eigenvalue weighted by Gasteiger charge is 2.23. The van der Waals surface area contributed by atoms with Crippen molar-refractivity contribution in [3.8, 4) is 5.75 Å². The van der Waals surface area contributed by atoms with Crippen molar-refractivity contribution in [3.05, 3.63) is 54.6 Å². The molecule has 1 heterocycles. The van der Waals surface area contributed by atoms with Crippen molar-refractivity contribution in [3.63, 3.8) is 0 Å². The van der Waals surface area contributed by atoms with Crippen LogP contribution in [0.3, 0.4) is 0 Å². The van der Waals surface area contributed by atoms with Crippen molar-refractivity contribution >= 4 is 45.5 Å². The van der Waals surface area contributed by atoms with Gasteiger partial charge in [0.2, 0.25) is 11.0 Å². The van der Waals surface area contributed by atoms with Gasteiger partial charge in [-0.2, -0.15) is 0 Å². The number of carbonyl (C=O) groups excluding carboxylic acids is 1. The molecule has 0 radical (unpaired) electrons. The van der Waals surface area contributed by atoms with Crippen LogP contribution in [0.4, 0.5) is 16.5 Å². The molecule has 0 fully saturated rings. The summed E-state index contributed by atoms with van der Waals surface area (Å²) in [5, 5.41) is 12.0. The van der Waals surface area contributed by atoms with Crippen LogP contribution in [0.1, 0.15) is 13.8 Å². The molecule has 8 heteroatoms. The van der Waals surface area contributed by atoms with Crippen LogP contribution in [0.25, 0.3) is 0 Å². The number of aromatic nitrogens is 2. The summed E-state index contributed by atoms with van der Waals surface area (Å²) in [6.07, 6.45) is 0. The monoisotopic (exact) mass is 414 g/mol. The van der Waals surface area contributed by atoms with Gasteiger partial charge in [0.15, 0.2) is 4.34 Å². The number of amides is 1. The second kappa shape index (κ2) is 9.57. The number of hydrogen-bond donors (Lipinski definition) is 1. The molecule has 1 amide bonds. The molecule has 0 aliphatic heterocycles. The van der Waals surface area contributed by atoms with Gasteiger partial charge in [0, 0.05) is 12.2 Å². The van der Waals surface area contributed by atoms with Gasteiger partial charge >= 0.3 is 0 Å². The zero-order valence-electron chi connectivity index (χ0n) is 16.0. The van der Waals surface area contributed by atoms with Crippen LogP contribution in [0.15, 0.2) is 58.9 Å². The maximum atomic E-state index is 12.9. The van der Waals surface area contributed by atoms with Crippen LogP contribution >= 0.6 is 23.1 Å². The normalized spacial score (nSPS) is 11.7. The summed E-state index contributed by atoms with van der Waals surface area (Å²) in [5.74, 6) is 0.782. The van der Waals surface area contributed by atoms with Gasteiger partial charge in [0.05, 0.1) is 18.0 Å². The minimum atomic E-state index is -0.271. The number of thioether (sulfide) groups is 1. The van der Waals surface area contributed by atoms with Gasteiger partial charge in [-0.25, -0.2) is 0 Å². The Morgan fingerprint density at radius 2 is 1.89 bits per heavy atom. The Kier molecular flexibility index (Phi) is 6.89. The number of hydrogen-bond acceptors (Lipinski definition) is 7. The molecule has 0 bridgehead atoms. The Morgan fingerprint density at radius 3 is 2.61 bits per heavy atom. The minimum Gasteiger partial charge on any atom is -0.495 e. The Labute approximate surface area is 172 Å². The van der Waals surface area contributed by atoms with Gasteiger partial charge < -0.3 is 15.0 Å². The van der Waals surface area contributed by atoms with Gasteiger partial charge in [0.1, 0.15) is 5.75 Å². The van der Waals surface area contributed by atoms with Crippen molar-refractivity contribution in [2.24, 2.45) is 0 Å². The third-order valence-corrected chi connectivity index (χ3v) is 6.04. The Balaban J connectivity index is 1.66. The Hall–Kier alpha value is -2.58. The van der Waals surface area contributed by atoms with Crippen LogP contribution in [0.5, 0.6) is 5.75 Å². The minimum absolute atomic E-state index is 0.0492. The Morgan fingerprint density at radius 1 is 1.18 bits per heavy atom. The first-order valence-electron chi connectivity index (χ1n) is 8.89. The molecule has 0 spiro atoms. The quantitative estimate of drug-likeness (QED) is 0.533. The molecule has 1 aromatic heterocycles. The van der Waals surface area contributed by atoms with E-state index in [1.54, 1.807) is 12.0 Å². The van der Waals surface area contributed by atoms with Crippen molar-refractivity contribution < 1.29 is 9.53 Å².